The number of aromatic nitrogens is 1. The van der Waals surface area contributed by atoms with Crippen molar-refractivity contribution in [1.82, 2.24) is 9.88 Å². The summed E-state index contributed by atoms with van der Waals surface area (Å²) >= 11 is 0. The van der Waals surface area contributed by atoms with Gasteiger partial charge < -0.3 is 14.6 Å². The molecule has 0 amide bonds. The highest BCUT2D eigenvalue weighted by molar-refractivity contribution is 5.72. The SMILES string of the molecule is Cc1cc(OCCCN2CC(F)(F)C2)cc(C)c1-c1cccc(COc2cc3c(cn2)C(CC(=O)O)CC3)c1. The lowest BCUT2D eigenvalue weighted by Crippen LogP contribution is -2.56. The highest BCUT2D eigenvalue weighted by atomic mass is 19.3. The molecule has 1 atom stereocenters. The standard InChI is InChI=1S/C31H34F2N2O4/c1-20-11-26(38-10-4-9-35-18-31(32,33)19-35)12-21(2)30(20)25-6-3-5-22(13-25)17-39-28-14-23-7-8-24(15-29(36)37)27(23)16-34-28/h3,5-6,11-14,16,24H,4,7-10,15,17-19H2,1-2H3,(H,36,37). The van der Waals surface area contributed by atoms with Crippen molar-refractivity contribution in [3.05, 3.63) is 76.5 Å². The molecule has 3 aromatic rings. The van der Waals surface area contributed by atoms with Crippen LogP contribution < -0.4 is 9.47 Å². The van der Waals surface area contributed by atoms with Crippen molar-refractivity contribution in [3.8, 4) is 22.8 Å². The minimum atomic E-state index is -2.53. The Balaban J connectivity index is 1.18. The molecule has 0 radical (unpaired) electrons. The van der Waals surface area contributed by atoms with Gasteiger partial charge in [0.1, 0.15) is 12.4 Å². The third-order valence-electron chi connectivity index (χ3n) is 7.53. The van der Waals surface area contributed by atoms with Crippen molar-refractivity contribution in [3.63, 3.8) is 0 Å². The van der Waals surface area contributed by atoms with Crippen LogP contribution in [0.2, 0.25) is 0 Å². The van der Waals surface area contributed by atoms with Crippen LogP contribution in [0.5, 0.6) is 11.6 Å². The Kier molecular flexibility index (Phi) is 7.84. The molecular formula is C31H34F2N2O4. The molecule has 2 aliphatic rings. The van der Waals surface area contributed by atoms with Gasteiger partial charge in [-0.2, -0.15) is 0 Å². The predicted octanol–water partition coefficient (Wildman–Crippen LogP) is 6.17. The zero-order valence-electron chi connectivity index (χ0n) is 22.4. The van der Waals surface area contributed by atoms with Gasteiger partial charge in [-0.3, -0.25) is 9.69 Å². The third-order valence-corrected chi connectivity index (χ3v) is 7.53. The Bertz CT molecular complexity index is 1330. The van der Waals surface area contributed by atoms with Gasteiger partial charge in [-0.25, -0.2) is 13.8 Å². The van der Waals surface area contributed by atoms with E-state index in [2.05, 4.69) is 31.0 Å². The van der Waals surface area contributed by atoms with Gasteiger partial charge in [-0.05, 0) is 96.2 Å². The van der Waals surface area contributed by atoms with Crippen molar-refractivity contribution in [1.29, 1.82) is 0 Å². The molecule has 1 aliphatic carbocycles. The second-order valence-corrected chi connectivity index (χ2v) is 10.7. The minimum Gasteiger partial charge on any atom is -0.494 e. The van der Waals surface area contributed by atoms with Gasteiger partial charge >= 0.3 is 5.97 Å². The number of hydrogen-bond acceptors (Lipinski definition) is 5. The highest BCUT2D eigenvalue weighted by Crippen LogP contribution is 2.37. The minimum absolute atomic E-state index is 0.0280. The first kappa shape index (κ1) is 27.1. The Morgan fingerprint density at radius 1 is 1.13 bits per heavy atom. The number of halogens is 2. The Labute approximate surface area is 227 Å². The number of alkyl halides is 2. The maximum atomic E-state index is 13.0. The van der Waals surface area contributed by atoms with Crippen LogP contribution in [0, 0.1) is 13.8 Å². The number of carbonyl (C=O) groups is 1. The first-order valence-electron chi connectivity index (χ1n) is 13.4. The van der Waals surface area contributed by atoms with E-state index in [0.717, 1.165) is 57.5 Å². The molecule has 2 aromatic carbocycles. The number of rotatable bonds is 11. The fourth-order valence-corrected chi connectivity index (χ4v) is 5.74. The van der Waals surface area contributed by atoms with Crippen LogP contribution in [-0.4, -0.2) is 53.1 Å². The molecule has 1 fully saturated rings. The molecule has 206 valence electrons. The average Bonchev–Trinajstić information content (AvgIpc) is 3.25. The van der Waals surface area contributed by atoms with E-state index in [0.29, 0.717) is 32.1 Å². The number of carboxylic acids is 1. The number of nitrogens with zero attached hydrogens (tertiary/aromatic N) is 2. The summed E-state index contributed by atoms with van der Waals surface area (Å²) in [5, 5.41) is 9.13. The lowest BCUT2D eigenvalue weighted by Gasteiger charge is -2.38. The van der Waals surface area contributed by atoms with Gasteiger partial charge in [-0.1, -0.05) is 18.2 Å². The normalized spacial score (nSPS) is 17.9. The van der Waals surface area contributed by atoms with E-state index in [4.69, 9.17) is 14.6 Å². The van der Waals surface area contributed by atoms with E-state index in [1.165, 1.54) is 0 Å². The molecule has 5 rings (SSSR count). The van der Waals surface area contributed by atoms with Gasteiger partial charge in [0.15, 0.2) is 0 Å². The molecule has 0 bridgehead atoms. The number of likely N-dealkylation sites (tertiary alicyclic amines) is 1. The number of benzene rings is 2. The summed E-state index contributed by atoms with van der Waals surface area (Å²) in [5.74, 6) is -1.95. The van der Waals surface area contributed by atoms with Crippen molar-refractivity contribution in [2.45, 2.75) is 58.0 Å². The highest BCUT2D eigenvalue weighted by Gasteiger charge is 2.43. The number of fused-ring (bicyclic) bond motifs is 1. The number of pyridine rings is 1. The van der Waals surface area contributed by atoms with E-state index < -0.39 is 11.9 Å². The van der Waals surface area contributed by atoms with Crippen LogP contribution in [0.1, 0.15) is 53.0 Å². The third kappa shape index (κ3) is 6.56. The lowest BCUT2D eigenvalue weighted by atomic mass is 9.94. The summed E-state index contributed by atoms with van der Waals surface area (Å²) in [6.45, 7) is 5.31. The van der Waals surface area contributed by atoms with E-state index in [9.17, 15) is 13.6 Å². The average molecular weight is 537 g/mol. The number of aryl methyl sites for hydroxylation is 3. The van der Waals surface area contributed by atoms with Crippen LogP contribution in [0.15, 0.2) is 48.7 Å². The van der Waals surface area contributed by atoms with Gasteiger partial charge in [0.05, 0.1) is 26.1 Å². The van der Waals surface area contributed by atoms with Crippen molar-refractivity contribution in [2.24, 2.45) is 0 Å². The summed E-state index contributed by atoms with van der Waals surface area (Å²) in [7, 11) is 0. The number of hydrogen-bond donors (Lipinski definition) is 1. The van der Waals surface area contributed by atoms with Crippen molar-refractivity contribution >= 4 is 5.97 Å². The van der Waals surface area contributed by atoms with Crippen LogP contribution in [-0.2, 0) is 17.8 Å². The van der Waals surface area contributed by atoms with Crippen LogP contribution in [0.25, 0.3) is 11.1 Å². The summed E-state index contributed by atoms with van der Waals surface area (Å²) in [6.07, 6.45) is 4.28. The maximum Gasteiger partial charge on any atom is 0.303 e. The van der Waals surface area contributed by atoms with E-state index in [1.54, 1.807) is 11.1 Å². The van der Waals surface area contributed by atoms with E-state index in [1.807, 2.05) is 30.3 Å². The van der Waals surface area contributed by atoms with Gasteiger partial charge in [0.2, 0.25) is 5.88 Å². The zero-order chi connectivity index (χ0) is 27.6. The topological polar surface area (TPSA) is 71.9 Å². The monoisotopic (exact) mass is 536 g/mol. The summed E-state index contributed by atoms with van der Waals surface area (Å²) in [4.78, 5) is 17.3. The second-order valence-electron chi connectivity index (χ2n) is 10.7. The Morgan fingerprint density at radius 2 is 1.90 bits per heavy atom. The smallest absolute Gasteiger partial charge is 0.303 e. The van der Waals surface area contributed by atoms with Crippen LogP contribution >= 0.6 is 0 Å². The van der Waals surface area contributed by atoms with Crippen LogP contribution in [0.4, 0.5) is 8.78 Å². The molecule has 1 N–H and O–H groups in total. The molecule has 1 aromatic heterocycles. The molecule has 1 saturated heterocycles. The maximum absolute atomic E-state index is 13.0. The predicted molar refractivity (Wildman–Crippen MR) is 145 cm³/mol. The summed E-state index contributed by atoms with van der Waals surface area (Å²) in [5.41, 5.74) is 7.60. The molecule has 8 heteroatoms. The number of aliphatic carboxylic acids is 1. The number of carboxylic acid groups (broad SMARTS) is 1. The fraction of sp³-hybridized carbons (Fsp3) is 0.419. The van der Waals surface area contributed by atoms with Crippen molar-refractivity contribution in [2.75, 3.05) is 26.2 Å². The fourth-order valence-electron chi connectivity index (χ4n) is 5.74. The molecule has 1 unspecified atom stereocenters. The molecule has 39 heavy (non-hydrogen) atoms. The molecule has 0 saturated carbocycles. The molecule has 0 spiro atoms. The first-order chi connectivity index (χ1) is 18.7. The van der Waals surface area contributed by atoms with Crippen LogP contribution in [0.3, 0.4) is 0 Å². The molecular weight excluding hydrogens is 502 g/mol. The van der Waals surface area contributed by atoms with Gasteiger partial charge in [0.25, 0.3) is 5.92 Å². The van der Waals surface area contributed by atoms with E-state index in [-0.39, 0.29) is 25.4 Å². The second kappa shape index (κ2) is 11.3. The Hall–Kier alpha value is -3.52. The lowest BCUT2D eigenvalue weighted by molar-refractivity contribution is -0.137. The molecule has 6 nitrogen and oxygen atoms in total. The zero-order valence-corrected chi connectivity index (χ0v) is 22.4. The largest absolute Gasteiger partial charge is 0.494 e. The van der Waals surface area contributed by atoms with Gasteiger partial charge in [-0.15, -0.1) is 0 Å². The van der Waals surface area contributed by atoms with Crippen molar-refractivity contribution < 1.29 is 28.2 Å². The quantitative estimate of drug-likeness (QED) is 0.296. The molecule has 2 heterocycles. The first-order valence-corrected chi connectivity index (χ1v) is 13.4. The molecule has 1 aliphatic heterocycles. The Morgan fingerprint density at radius 3 is 2.62 bits per heavy atom. The summed E-state index contributed by atoms with van der Waals surface area (Å²) < 4.78 is 37.9. The summed E-state index contributed by atoms with van der Waals surface area (Å²) in [6, 6.07) is 14.2. The number of ether oxygens (including phenoxy) is 2. The van der Waals surface area contributed by atoms with Gasteiger partial charge in [0, 0.05) is 18.8 Å². The van der Waals surface area contributed by atoms with E-state index >= 15 is 0 Å².